The number of nitrogens with one attached hydrogen (secondary N) is 1. The van der Waals surface area contributed by atoms with Crippen molar-refractivity contribution < 1.29 is 18.7 Å². The van der Waals surface area contributed by atoms with Gasteiger partial charge in [0, 0.05) is 50.2 Å². The predicted molar refractivity (Wildman–Crippen MR) is 98.0 cm³/mol. The number of aromatic nitrogens is 1. The summed E-state index contributed by atoms with van der Waals surface area (Å²) in [5.41, 5.74) is 1.21. The van der Waals surface area contributed by atoms with E-state index < -0.39 is 0 Å². The van der Waals surface area contributed by atoms with Crippen molar-refractivity contribution >= 4 is 22.7 Å². The predicted octanol–water partition coefficient (Wildman–Crippen LogP) is 0.924. The van der Waals surface area contributed by atoms with Crippen LogP contribution in [-0.2, 0) is 9.53 Å². The summed E-state index contributed by atoms with van der Waals surface area (Å²) < 4.78 is 18.6. The van der Waals surface area contributed by atoms with Crippen LogP contribution < -0.4 is 0 Å². The van der Waals surface area contributed by atoms with Gasteiger partial charge in [-0.3, -0.25) is 14.5 Å². The quantitative estimate of drug-likeness (QED) is 0.868. The molecule has 2 aliphatic rings. The van der Waals surface area contributed by atoms with Gasteiger partial charge in [-0.05, 0) is 24.3 Å². The fourth-order valence-electron chi connectivity index (χ4n) is 3.60. The van der Waals surface area contributed by atoms with Crippen LogP contribution in [0.3, 0.4) is 0 Å². The van der Waals surface area contributed by atoms with Crippen LogP contribution in [0.15, 0.2) is 24.3 Å². The molecule has 2 fully saturated rings. The first kappa shape index (κ1) is 17.9. The highest BCUT2D eigenvalue weighted by molar-refractivity contribution is 5.98. The smallest absolute Gasteiger partial charge is 0.270 e. The Kier molecular flexibility index (Phi) is 5.09. The van der Waals surface area contributed by atoms with Crippen LogP contribution in [0.25, 0.3) is 10.9 Å². The largest absolute Gasteiger partial charge is 0.378 e. The monoisotopic (exact) mass is 374 g/mol. The highest BCUT2D eigenvalue weighted by atomic mass is 19.1. The standard InChI is InChI=1S/C19H23FN4O3/c20-15-1-2-16-14(11-15)12-17(21-16)19(26)24-5-3-22(4-6-24)13-18(25)23-7-9-27-10-8-23/h1-2,11-12,21H,3-10,13H2. The molecule has 8 heteroatoms. The molecule has 7 nitrogen and oxygen atoms in total. The van der Waals surface area contributed by atoms with Crippen LogP contribution in [-0.4, -0.2) is 90.5 Å². The first-order chi connectivity index (χ1) is 13.1. The van der Waals surface area contributed by atoms with Crippen molar-refractivity contribution in [3.63, 3.8) is 0 Å². The molecule has 1 aromatic carbocycles. The third-order valence-corrected chi connectivity index (χ3v) is 5.20. The third kappa shape index (κ3) is 3.96. The summed E-state index contributed by atoms with van der Waals surface area (Å²) in [7, 11) is 0. The Hall–Kier alpha value is -2.45. The van der Waals surface area contributed by atoms with E-state index in [9.17, 15) is 14.0 Å². The number of amides is 2. The molecule has 1 N–H and O–H groups in total. The van der Waals surface area contributed by atoms with E-state index >= 15 is 0 Å². The maximum atomic E-state index is 13.3. The number of hydrogen-bond donors (Lipinski definition) is 1. The number of H-pyrrole nitrogens is 1. The maximum absolute atomic E-state index is 13.3. The van der Waals surface area contributed by atoms with E-state index in [2.05, 4.69) is 9.88 Å². The minimum Gasteiger partial charge on any atom is -0.378 e. The summed E-state index contributed by atoms with van der Waals surface area (Å²) in [6, 6.07) is 6.11. The summed E-state index contributed by atoms with van der Waals surface area (Å²) >= 11 is 0. The van der Waals surface area contributed by atoms with Gasteiger partial charge in [0.15, 0.2) is 0 Å². The van der Waals surface area contributed by atoms with Crippen molar-refractivity contribution in [3.8, 4) is 0 Å². The molecular weight excluding hydrogens is 351 g/mol. The number of halogens is 1. The van der Waals surface area contributed by atoms with E-state index in [-0.39, 0.29) is 17.6 Å². The topological polar surface area (TPSA) is 68.9 Å². The van der Waals surface area contributed by atoms with Crippen LogP contribution in [0.4, 0.5) is 4.39 Å². The molecule has 2 aliphatic heterocycles. The normalized spacial score (nSPS) is 18.9. The molecule has 4 rings (SSSR count). The van der Waals surface area contributed by atoms with Crippen molar-refractivity contribution in [1.82, 2.24) is 19.7 Å². The number of rotatable bonds is 3. The summed E-state index contributed by atoms with van der Waals surface area (Å²) in [6.07, 6.45) is 0. The maximum Gasteiger partial charge on any atom is 0.270 e. The van der Waals surface area contributed by atoms with Gasteiger partial charge in [0.2, 0.25) is 5.91 Å². The number of aromatic amines is 1. The number of fused-ring (bicyclic) bond motifs is 1. The molecule has 0 spiro atoms. The lowest BCUT2D eigenvalue weighted by Gasteiger charge is -2.35. The summed E-state index contributed by atoms with van der Waals surface area (Å²) in [6.45, 7) is 5.35. The zero-order chi connectivity index (χ0) is 18.8. The number of ether oxygens (including phenoxy) is 1. The van der Waals surface area contributed by atoms with Gasteiger partial charge in [-0.15, -0.1) is 0 Å². The Bertz CT molecular complexity index is 839. The molecular formula is C19H23FN4O3. The van der Waals surface area contributed by atoms with E-state index in [1.165, 1.54) is 12.1 Å². The van der Waals surface area contributed by atoms with Crippen LogP contribution in [0.2, 0.25) is 0 Å². The number of hydrogen-bond acceptors (Lipinski definition) is 4. The Labute approximate surface area is 156 Å². The van der Waals surface area contributed by atoms with E-state index in [1.54, 1.807) is 17.0 Å². The fourth-order valence-corrected chi connectivity index (χ4v) is 3.60. The Morgan fingerprint density at radius 3 is 2.48 bits per heavy atom. The molecule has 0 radical (unpaired) electrons. The summed E-state index contributed by atoms with van der Waals surface area (Å²) in [5, 5.41) is 0.688. The molecule has 27 heavy (non-hydrogen) atoms. The minimum absolute atomic E-state index is 0.0919. The number of carbonyl (C=O) groups is 2. The second-order valence-electron chi connectivity index (χ2n) is 6.98. The molecule has 144 valence electrons. The third-order valence-electron chi connectivity index (χ3n) is 5.20. The van der Waals surface area contributed by atoms with E-state index in [0.717, 1.165) is 5.52 Å². The Morgan fingerprint density at radius 2 is 1.74 bits per heavy atom. The Morgan fingerprint density at radius 1 is 1.00 bits per heavy atom. The lowest BCUT2D eigenvalue weighted by atomic mass is 10.2. The summed E-state index contributed by atoms with van der Waals surface area (Å²) in [5.74, 6) is -0.291. The second-order valence-corrected chi connectivity index (χ2v) is 6.98. The first-order valence-electron chi connectivity index (χ1n) is 9.25. The Balaban J connectivity index is 1.32. The molecule has 0 bridgehead atoms. The zero-order valence-corrected chi connectivity index (χ0v) is 15.1. The van der Waals surface area contributed by atoms with Gasteiger partial charge in [0.1, 0.15) is 11.5 Å². The molecule has 0 unspecified atom stereocenters. The summed E-state index contributed by atoms with van der Waals surface area (Å²) in [4.78, 5) is 33.8. The highest BCUT2D eigenvalue weighted by Gasteiger charge is 2.26. The average molecular weight is 374 g/mol. The van der Waals surface area contributed by atoms with Crippen molar-refractivity contribution in [2.75, 3.05) is 59.0 Å². The van der Waals surface area contributed by atoms with Crippen molar-refractivity contribution in [3.05, 3.63) is 35.8 Å². The zero-order valence-electron chi connectivity index (χ0n) is 15.1. The lowest BCUT2D eigenvalue weighted by molar-refractivity contribution is -0.136. The van der Waals surface area contributed by atoms with Crippen LogP contribution in [0, 0.1) is 5.82 Å². The van der Waals surface area contributed by atoms with Gasteiger partial charge in [0.05, 0.1) is 19.8 Å². The van der Waals surface area contributed by atoms with Gasteiger partial charge >= 0.3 is 0 Å². The molecule has 0 aliphatic carbocycles. The minimum atomic E-state index is -0.320. The number of nitrogens with zero attached hydrogens (tertiary/aromatic N) is 3. The second kappa shape index (κ2) is 7.66. The van der Waals surface area contributed by atoms with Gasteiger partial charge in [-0.2, -0.15) is 0 Å². The van der Waals surface area contributed by atoms with E-state index in [0.29, 0.717) is 70.1 Å². The number of benzene rings is 1. The highest BCUT2D eigenvalue weighted by Crippen LogP contribution is 2.18. The van der Waals surface area contributed by atoms with Crippen molar-refractivity contribution in [2.24, 2.45) is 0 Å². The average Bonchev–Trinajstić information content (AvgIpc) is 3.12. The molecule has 2 amide bonds. The van der Waals surface area contributed by atoms with Crippen molar-refractivity contribution in [2.45, 2.75) is 0 Å². The van der Waals surface area contributed by atoms with Crippen LogP contribution >= 0.6 is 0 Å². The molecule has 0 atom stereocenters. The van der Waals surface area contributed by atoms with Crippen LogP contribution in [0.5, 0.6) is 0 Å². The van der Waals surface area contributed by atoms with Gasteiger partial charge in [0.25, 0.3) is 5.91 Å². The first-order valence-corrected chi connectivity index (χ1v) is 9.25. The SMILES string of the molecule is O=C(CN1CCN(C(=O)c2cc3cc(F)ccc3[nH]2)CC1)N1CCOCC1. The molecule has 2 saturated heterocycles. The van der Waals surface area contributed by atoms with Gasteiger partial charge in [-0.25, -0.2) is 4.39 Å². The van der Waals surface area contributed by atoms with E-state index in [4.69, 9.17) is 4.74 Å². The molecule has 1 aromatic heterocycles. The van der Waals surface area contributed by atoms with Crippen molar-refractivity contribution in [1.29, 1.82) is 0 Å². The van der Waals surface area contributed by atoms with Gasteiger partial charge < -0.3 is 19.5 Å². The lowest BCUT2D eigenvalue weighted by Crippen LogP contribution is -2.52. The molecule has 2 aromatic rings. The molecule has 0 saturated carbocycles. The van der Waals surface area contributed by atoms with E-state index in [1.807, 2.05) is 4.90 Å². The fraction of sp³-hybridized carbons (Fsp3) is 0.474. The molecule has 3 heterocycles. The number of piperazine rings is 1. The van der Waals surface area contributed by atoms with Crippen LogP contribution in [0.1, 0.15) is 10.5 Å². The number of carbonyl (C=O) groups excluding carboxylic acids is 2. The van der Waals surface area contributed by atoms with Gasteiger partial charge in [-0.1, -0.05) is 0 Å². The number of morpholine rings is 1.